The minimum absolute atomic E-state index is 0.0209. The van der Waals surface area contributed by atoms with Crippen molar-refractivity contribution in [3.63, 3.8) is 0 Å². The first-order chi connectivity index (χ1) is 18.1. The summed E-state index contributed by atoms with van der Waals surface area (Å²) in [7, 11) is 1.32. The van der Waals surface area contributed by atoms with Crippen LogP contribution in [-0.4, -0.2) is 46.9 Å². The zero-order valence-electron chi connectivity index (χ0n) is 22.0. The van der Waals surface area contributed by atoms with Crippen LogP contribution in [0.3, 0.4) is 0 Å². The number of carbonyl (C=O) groups is 2. The van der Waals surface area contributed by atoms with Crippen molar-refractivity contribution in [1.82, 2.24) is 10.2 Å². The number of nitrogens with zero attached hydrogens (tertiary/aromatic N) is 2. The van der Waals surface area contributed by atoms with E-state index in [9.17, 15) is 19.7 Å². The molecule has 0 heterocycles. The van der Waals surface area contributed by atoms with Gasteiger partial charge in [-0.15, -0.1) is 0 Å². The number of rotatable bonds is 11. The van der Waals surface area contributed by atoms with E-state index in [0.717, 1.165) is 11.1 Å². The molecule has 0 aromatic heterocycles. The lowest BCUT2D eigenvalue weighted by Gasteiger charge is -2.33. The number of benzene rings is 3. The summed E-state index contributed by atoms with van der Waals surface area (Å²) in [5.74, 6) is -0.425. The Morgan fingerprint density at radius 2 is 1.58 bits per heavy atom. The van der Waals surface area contributed by atoms with E-state index in [-0.39, 0.29) is 36.2 Å². The number of nitro benzene ring substituents is 1. The first-order valence-corrected chi connectivity index (χ1v) is 12.2. The van der Waals surface area contributed by atoms with Crippen molar-refractivity contribution >= 4 is 17.5 Å². The molecular weight excluding hydrogens is 486 g/mol. The summed E-state index contributed by atoms with van der Waals surface area (Å²) in [6.07, 6.45) is 0.312. The molecule has 0 saturated carbocycles. The van der Waals surface area contributed by atoms with Crippen LogP contribution in [0.2, 0.25) is 0 Å². The van der Waals surface area contributed by atoms with E-state index in [1.165, 1.54) is 30.2 Å². The zero-order chi connectivity index (χ0) is 27.7. The monoisotopic (exact) mass is 519 g/mol. The van der Waals surface area contributed by atoms with Gasteiger partial charge in [-0.3, -0.25) is 19.7 Å². The van der Waals surface area contributed by atoms with Gasteiger partial charge >= 0.3 is 5.69 Å². The maximum Gasteiger partial charge on any atom is 0.311 e. The Kier molecular flexibility index (Phi) is 9.43. The lowest BCUT2D eigenvalue weighted by molar-refractivity contribution is -0.385. The first kappa shape index (κ1) is 28.2. The van der Waals surface area contributed by atoms with Crippen LogP contribution in [0.15, 0.2) is 78.9 Å². The number of carbonyl (C=O) groups excluding carboxylic acids is 2. The van der Waals surface area contributed by atoms with Gasteiger partial charge in [0.25, 0.3) is 5.91 Å². The van der Waals surface area contributed by atoms with Gasteiger partial charge in [-0.25, -0.2) is 0 Å². The maximum atomic E-state index is 13.6. The highest BCUT2D eigenvalue weighted by molar-refractivity contribution is 5.89. The van der Waals surface area contributed by atoms with Crippen LogP contribution in [0.5, 0.6) is 11.5 Å². The second-order valence-corrected chi connectivity index (χ2v) is 9.83. The number of amides is 2. The fraction of sp³-hybridized carbons (Fsp3) is 0.310. The molecule has 0 aliphatic rings. The van der Waals surface area contributed by atoms with E-state index in [4.69, 9.17) is 9.47 Å². The van der Waals surface area contributed by atoms with Crippen molar-refractivity contribution in [1.29, 1.82) is 0 Å². The summed E-state index contributed by atoms with van der Waals surface area (Å²) in [4.78, 5) is 39.3. The minimum atomic E-state index is -0.806. The van der Waals surface area contributed by atoms with Gasteiger partial charge in [0.05, 0.1) is 12.0 Å². The molecule has 0 saturated heterocycles. The van der Waals surface area contributed by atoms with Crippen LogP contribution in [-0.2, 0) is 22.6 Å². The molecule has 0 fully saturated rings. The van der Waals surface area contributed by atoms with Crippen LogP contribution in [0.1, 0.15) is 31.9 Å². The van der Waals surface area contributed by atoms with E-state index in [1.54, 1.807) is 0 Å². The topological polar surface area (TPSA) is 111 Å². The molecule has 9 nitrogen and oxygen atoms in total. The predicted molar refractivity (Wildman–Crippen MR) is 144 cm³/mol. The molecule has 2 amide bonds. The number of hydrogen-bond donors (Lipinski definition) is 1. The lowest BCUT2D eigenvalue weighted by Crippen LogP contribution is -2.55. The van der Waals surface area contributed by atoms with Crippen molar-refractivity contribution in [2.45, 2.75) is 45.3 Å². The fourth-order valence-electron chi connectivity index (χ4n) is 3.91. The Labute approximate surface area is 222 Å². The van der Waals surface area contributed by atoms with Crippen LogP contribution in [0, 0.1) is 10.1 Å². The van der Waals surface area contributed by atoms with E-state index in [2.05, 4.69) is 5.32 Å². The Hall–Kier alpha value is -4.40. The molecule has 1 N–H and O–H groups in total. The number of ether oxygens (including phenoxy) is 2. The van der Waals surface area contributed by atoms with Gasteiger partial charge in [-0.2, -0.15) is 0 Å². The average molecular weight is 520 g/mol. The van der Waals surface area contributed by atoms with Gasteiger partial charge in [0.15, 0.2) is 6.61 Å². The zero-order valence-corrected chi connectivity index (χ0v) is 22.0. The Morgan fingerprint density at radius 3 is 2.13 bits per heavy atom. The fourth-order valence-corrected chi connectivity index (χ4v) is 3.91. The molecule has 0 radical (unpaired) electrons. The third-order valence-corrected chi connectivity index (χ3v) is 5.68. The molecule has 3 rings (SSSR count). The summed E-state index contributed by atoms with van der Waals surface area (Å²) in [5.41, 5.74) is 1.06. The molecular formula is C29H33N3O6. The third kappa shape index (κ3) is 8.06. The van der Waals surface area contributed by atoms with E-state index in [1.807, 2.05) is 81.4 Å². The number of nitro groups is 1. The summed E-state index contributed by atoms with van der Waals surface area (Å²) in [6.45, 7) is 5.49. The highest BCUT2D eigenvalue weighted by Crippen LogP contribution is 2.30. The molecule has 38 heavy (non-hydrogen) atoms. The van der Waals surface area contributed by atoms with Crippen LogP contribution in [0.4, 0.5) is 5.69 Å². The standard InChI is InChI=1S/C29H33N3O6/c1-29(2,3)30-28(34)25(17-21-11-7-5-8-12-21)31(19-22-13-9-6-10-14-22)27(33)20-38-23-15-16-24(32(35)36)26(18-23)37-4/h5-16,18,25H,17,19-20H2,1-4H3,(H,30,34)/t25-/m0/s1. The SMILES string of the molecule is COc1cc(OCC(=O)N(Cc2ccccc2)[C@@H](Cc2ccccc2)C(=O)NC(C)(C)C)ccc1[N+](=O)[O-]. The van der Waals surface area contributed by atoms with Gasteiger partial charge in [0.1, 0.15) is 11.8 Å². The molecule has 9 heteroatoms. The smallest absolute Gasteiger partial charge is 0.311 e. The normalized spacial score (nSPS) is 11.8. The largest absolute Gasteiger partial charge is 0.490 e. The second-order valence-electron chi connectivity index (χ2n) is 9.83. The molecule has 3 aromatic rings. The minimum Gasteiger partial charge on any atom is -0.490 e. The van der Waals surface area contributed by atoms with Crippen molar-refractivity contribution in [2.75, 3.05) is 13.7 Å². The molecule has 200 valence electrons. The molecule has 0 unspecified atom stereocenters. The third-order valence-electron chi connectivity index (χ3n) is 5.68. The molecule has 0 aliphatic carbocycles. The first-order valence-electron chi connectivity index (χ1n) is 12.2. The van der Waals surface area contributed by atoms with Crippen molar-refractivity contribution in [3.05, 3.63) is 100 Å². The molecule has 0 bridgehead atoms. The van der Waals surface area contributed by atoms with E-state index >= 15 is 0 Å². The number of methoxy groups -OCH3 is 1. The Bertz CT molecular complexity index is 1240. The summed E-state index contributed by atoms with van der Waals surface area (Å²) < 4.78 is 10.8. The van der Waals surface area contributed by atoms with Gasteiger partial charge < -0.3 is 19.7 Å². The van der Waals surface area contributed by atoms with Crippen molar-refractivity contribution in [2.24, 2.45) is 0 Å². The van der Waals surface area contributed by atoms with Gasteiger partial charge in [0, 0.05) is 30.6 Å². The Morgan fingerprint density at radius 1 is 0.974 bits per heavy atom. The van der Waals surface area contributed by atoms with Crippen molar-refractivity contribution < 1.29 is 24.0 Å². The highest BCUT2D eigenvalue weighted by atomic mass is 16.6. The van der Waals surface area contributed by atoms with E-state index in [0.29, 0.717) is 6.42 Å². The Balaban J connectivity index is 1.91. The summed E-state index contributed by atoms with van der Waals surface area (Å²) in [6, 6.07) is 22.2. The summed E-state index contributed by atoms with van der Waals surface area (Å²) >= 11 is 0. The predicted octanol–water partition coefficient (Wildman–Crippen LogP) is 4.54. The highest BCUT2D eigenvalue weighted by Gasteiger charge is 2.32. The molecule has 0 spiro atoms. The van der Waals surface area contributed by atoms with Gasteiger partial charge in [0.2, 0.25) is 11.7 Å². The average Bonchev–Trinajstić information content (AvgIpc) is 2.89. The molecule has 3 aromatic carbocycles. The van der Waals surface area contributed by atoms with Crippen LogP contribution >= 0.6 is 0 Å². The quantitative estimate of drug-likeness (QED) is 0.294. The van der Waals surface area contributed by atoms with Crippen molar-refractivity contribution in [3.8, 4) is 11.5 Å². The number of hydrogen-bond acceptors (Lipinski definition) is 6. The van der Waals surface area contributed by atoms with Crippen LogP contribution in [0.25, 0.3) is 0 Å². The second kappa shape index (κ2) is 12.7. The molecule has 0 aliphatic heterocycles. The van der Waals surface area contributed by atoms with Gasteiger partial charge in [-0.1, -0.05) is 60.7 Å². The summed E-state index contributed by atoms with van der Waals surface area (Å²) in [5, 5.41) is 14.2. The number of nitrogens with one attached hydrogen (secondary N) is 1. The van der Waals surface area contributed by atoms with Gasteiger partial charge in [-0.05, 0) is 38.0 Å². The van der Waals surface area contributed by atoms with E-state index < -0.39 is 22.4 Å². The van der Waals surface area contributed by atoms with Crippen LogP contribution < -0.4 is 14.8 Å². The maximum absolute atomic E-state index is 13.6. The molecule has 1 atom stereocenters. The lowest BCUT2D eigenvalue weighted by atomic mass is 10.0.